The van der Waals surface area contributed by atoms with Gasteiger partial charge in [0.25, 0.3) is 5.91 Å². The van der Waals surface area contributed by atoms with Crippen molar-refractivity contribution < 1.29 is 24.2 Å². The number of likely N-dealkylation sites (N-methyl/N-ethyl adjacent to an activating group) is 1. The van der Waals surface area contributed by atoms with Crippen molar-refractivity contribution in [2.24, 2.45) is 4.99 Å². The summed E-state index contributed by atoms with van der Waals surface area (Å²) in [5, 5.41) is 9.33. The summed E-state index contributed by atoms with van der Waals surface area (Å²) in [6.45, 7) is -0.463. The van der Waals surface area contributed by atoms with E-state index in [9.17, 15) is 9.59 Å². The number of carboxylic acid groups (broad SMARTS) is 1. The van der Waals surface area contributed by atoms with E-state index in [-0.39, 0.29) is 5.91 Å². The highest BCUT2D eigenvalue weighted by Crippen LogP contribution is 2.35. The Hall–Kier alpha value is -3.26. The largest absolute Gasteiger partial charge is 0.493 e. The molecule has 0 unspecified atom stereocenters. The highest BCUT2D eigenvalue weighted by molar-refractivity contribution is 8.18. The van der Waals surface area contributed by atoms with Crippen molar-refractivity contribution in [3.05, 3.63) is 59.0 Å². The van der Waals surface area contributed by atoms with Crippen molar-refractivity contribution in [2.75, 3.05) is 20.8 Å². The number of aliphatic imine (C=N–C) groups is 1. The number of benzene rings is 2. The summed E-state index contributed by atoms with van der Waals surface area (Å²) in [4.78, 5) is 29.8. The highest BCUT2D eigenvalue weighted by atomic mass is 32.2. The third-order valence-electron chi connectivity index (χ3n) is 3.82. The first-order valence-corrected chi connectivity index (χ1v) is 9.13. The third-order valence-corrected chi connectivity index (χ3v) is 4.88. The van der Waals surface area contributed by atoms with Crippen LogP contribution in [-0.4, -0.2) is 47.8 Å². The standard InChI is InChI=1S/C20H18N2O5S/c1-22-19(25)17(28-20(22)21-14-6-4-3-5-7-14)11-13-8-9-15(16(10-13)26-2)27-12-18(23)24/h3-11H,12H2,1-2H3,(H,23,24)/b17-11+,21-20?. The Labute approximate surface area is 166 Å². The number of nitrogens with zero attached hydrogens (tertiary/aromatic N) is 2. The van der Waals surface area contributed by atoms with Crippen LogP contribution in [0.3, 0.4) is 0 Å². The minimum Gasteiger partial charge on any atom is -0.493 e. The Morgan fingerprint density at radius 1 is 1.21 bits per heavy atom. The summed E-state index contributed by atoms with van der Waals surface area (Å²) in [5.41, 5.74) is 1.50. The van der Waals surface area contributed by atoms with E-state index in [0.29, 0.717) is 21.6 Å². The molecular formula is C20H18N2O5S. The summed E-state index contributed by atoms with van der Waals surface area (Å²) in [6, 6.07) is 14.4. The second-order valence-corrected chi connectivity index (χ2v) is 6.81. The molecule has 8 heteroatoms. The Bertz CT molecular complexity index is 956. The number of para-hydroxylation sites is 1. The van der Waals surface area contributed by atoms with Gasteiger partial charge in [-0.2, -0.15) is 0 Å². The number of carbonyl (C=O) groups is 2. The van der Waals surface area contributed by atoms with E-state index in [1.807, 2.05) is 30.3 Å². The number of amides is 1. The molecule has 0 bridgehead atoms. The van der Waals surface area contributed by atoms with E-state index < -0.39 is 12.6 Å². The van der Waals surface area contributed by atoms with Gasteiger partial charge in [-0.15, -0.1) is 0 Å². The van der Waals surface area contributed by atoms with Crippen LogP contribution in [0.15, 0.2) is 58.4 Å². The number of aliphatic carboxylic acids is 1. The average molecular weight is 398 g/mol. The molecule has 1 aliphatic rings. The lowest BCUT2D eigenvalue weighted by Gasteiger charge is -2.09. The number of carboxylic acids is 1. The summed E-state index contributed by atoms with van der Waals surface area (Å²) in [5.74, 6) is -0.516. The Balaban J connectivity index is 1.84. The number of amidine groups is 1. The van der Waals surface area contributed by atoms with Crippen LogP contribution in [0.1, 0.15) is 5.56 Å². The van der Waals surface area contributed by atoms with Crippen LogP contribution in [0.4, 0.5) is 5.69 Å². The van der Waals surface area contributed by atoms with Crippen LogP contribution in [0.2, 0.25) is 0 Å². The lowest BCUT2D eigenvalue weighted by molar-refractivity contribution is -0.139. The first kappa shape index (κ1) is 19.5. The molecule has 3 rings (SSSR count). The molecule has 0 radical (unpaired) electrons. The van der Waals surface area contributed by atoms with Gasteiger partial charge in [-0.3, -0.25) is 9.69 Å². The van der Waals surface area contributed by atoms with Crippen LogP contribution in [0.5, 0.6) is 11.5 Å². The average Bonchev–Trinajstić information content (AvgIpc) is 2.95. The molecule has 144 valence electrons. The molecule has 1 heterocycles. The minimum atomic E-state index is -1.07. The number of methoxy groups -OCH3 is 1. The van der Waals surface area contributed by atoms with Crippen molar-refractivity contribution in [3.63, 3.8) is 0 Å². The molecule has 28 heavy (non-hydrogen) atoms. The van der Waals surface area contributed by atoms with Gasteiger partial charge in [0.2, 0.25) is 0 Å². The fourth-order valence-electron chi connectivity index (χ4n) is 2.45. The van der Waals surface area contributed by atoms with Gasteiger partial charge in [-0.1, -0.05) is 24.3 Å². The van der Waals surface area contributed by atoms with Crippen LogP contribution in [-0.2, 0) is 9.59 Å². The molecule has 2 aromatic rings. The number of hydrogen-bond donors (Lipinski definition) is 1. The summed E-state index contributed by atoms with van der Waals surface area (Å²) >= 11 is 1.29. The second-order valence-electron chi connectivity index (χ2n) is 5.80. The van der Waals surface area contributed by atoms with Crippen molar-refractivity contribution in [3.8, 4) is 11.5 Å². The lowest BCUT2D eigenvalue weighted by Crippen LogP contribution is -2.23. The number of rotatable bonds is 6. The smallest absolute Gasteiger partial charge is 0.341 e. The van der Waals surface area contributed by atoms with Gasteiger partial charge in [0.15, 0.2) is 23.3 Å². The predicted molar refractivity (Wildman–Crippen MR) is 108 cm³/mol. The topological polar surface area (TPSA) is 88.4 Å². The van der Waals surface area contributed by atoms with E-state index in [0.717, 1.165) is 11.3 Å². The molecule has 2 aromatic carbocycles. The number of hydrogen-bond acceptors (Lipinski definition) is 6. The molecule has 0 spiro atoms. The first-order chi connectivity index (χ1) is 13.5. The SMILES string of the molecule is COc1cc(/C=C2/SC(=Nc3ccccc3)N(C)C2=O)ccc1OCC(=O)O. The number of carbonyl (C=O) groups excluding carboxylic acids is 1. The first-order valence-electron chi connectivity index (χ1n) is 8.32. The molecule has 0 saturated carbocycles. The molecule has 1 saturated heterocycles. The minimum absolute atomic E-state index is 0.148. The third kappa shape index (κ3) is 4.52. The predicted octanol–water partition coefficient (Wildman–Crippen LogP) is 3.39. The fourth-order valence-corrected chi connectivity index (χ4v) is 3.44. The summed E-state index contributed by atoms with van der Waals surface area (Å²) in [6.07, 6.45) is 1.74. The van der Waals surface area contributed by atoms with Gasteiger partial charge in [0.1, 0.15) is 0 Å². The number of thioether (sulfide) groups is 1. The molecule has 1 N–H and O–H groups in total. The van der Waals surface area contributed by atoms with Gasteiger partial charge < -0.3 is 14.6 Å². The highest BCUT2D eigenvalue weighted by Gasteiger charge is 2.30. The Morgan fingerprint density at radius 3 is 2.64 bits per heavy atom. The molecule has 0 aliphatic carbocycles. The number of ether oxygens (including phenoxy) is 2. The Kier molecular flexibility index (Phi) is 6.00. The molecule has 1 amide bonds. The molecule has 0 atom stereocenters. The molecule has 1 aliphatic heterocycles. The molecule has 7 nitrogen and oxygen atoms in total. The molecule has 1 fully saturated rings. The van der Waals surface area contributed by atoms with Crippen molar-refractivity contribution >= 4 is 40.6 Å². The van der Waals surface area contributed by atoms with Gasteiger partial charge in [0.05, 0.1) is 17.7 Å². The summed E-state index contributed by atoms with van der Waals surface area (Å²) in [7, 11) is 3.15. The maximum atomic E-state index is 12.5. The normalized spacial score (nSPS) is 16.6. The zero-order valence-electron chi connectivity index (χ0n) is 15.3. The van der Waals surface area contributed by atoms with Crippen molar-refractivity contribution in [1.82, 2.24) is 4.90 Å². The maximum Gasteiger partial charge on any atom is 0.341 e. The van der Waals surface area contributed by atoms with Gasteiger partial charge in [-0.05, 0) is 47.7 Å². The van der Waals surface area contributed by atoms with Crippen molar-refractivity contribution in [1.29, 1.82) is 0 Å². The van der Waals surface area contributed by atoms with E-state index >= 15 is 0 Å². The van der Waals surface area contributed by atoms with E-state index in [1.165, 1.54) is 23.8 Å². The quantitative estimate of drug-likeness (QED) is 0.751. The fraction of sp³-hybridized carbons (Fsp3) is 0.150. The zero-order chi connectivity index (χ0) is 20.1. The maximum absolute atomic E-state index is 12.5. The Morgan fingerprint density at radius 2 is 1.96 bits per heavy atom. The van der Waals surface area contributed by atoms with Crippen LogP contribution < -0.4 is 9.47 Å². The van der Waals surface area contributed by atoms with Crippen LogP contribution in [0, 0.1) is 0 Å². The monoisotopic (exact) mass is 398 g/mol. The molecule has 0 aromatic heterocycles. The van der Waals surface area contributed by atoms with Crippen LogP contribution in [0.25, 0.3) is 6.08 Å². The van der Waals surface area contributed by atoms with Crippen LogP contribution >= 0.6 is 11.8 Å². The van der Waals surface area contributed by atoms with E-state index in [1.54, 1.807) is 31.3 Å². The van der Waals surface area contributed by atoms with Gasteiger partial charge in [-0.25, -0.2) is 9.79 Å². The van der Waals surface area contributed by atoms with E-state index in [2.05, 4.69) is 4.99 Å². The lowest BCUT2D eigenvalue weighted by atomic mass is 10.2. The summed E-state index contributed by atoms with van der Waals surface area (Å²) < 4.78 is 10.4. The van der Waals surface area contributed by atoms with Gasteiger partial charge >= 0.3 is 5.97 Å². The molecular weight excluding hydrogens is 380 g/mol. The van der Waals surface area contributed by atoms with E-state index in [4.69, 9.17) is 14.6 Å². The zero-order valence-corrected chi connectivity index (χ0v) is 16.1. The second kappa shape index (κ2) is 8.62. The van der Waals surface area contributed by atoms with Gasteiger partial charge in [0, 0.05) is 7.05 Å². The van der Waals surface area contributed by atoms with Crippen molar-refractivity contribution in [2.45, 2.75) is 0 Å².